The Kier molecular flexibility index (Phi) is 4.97. The number of aromatic hydroxyl groups is 1. The van der Waals surface area contributed by atoms with Gasteiger partial charge < -0.3 is 24.3 Å². The monoisotopic (exact) mass is 356 g/mol. The van der Waals surface area contributed by atoms with Crippen molar-refractivity contribution in [3.63, 3.8) is 0 Å². The lowest BCUT2D eigenvalue weighted by Crippen LogP contribution is -2.41. The maximum absolute atomic E-state index is 10.1. The number of phenolic OH excluding ortho intramolecular Hbond substituents is 1. The van der Waals surface area contributed by atoms with Crippen LogP contribution in [0.15, 0.2) is 40.5 Å². The number of nitrogens with zero attached hydrogens (tertiary/aromatic N) is 1. The van der Waals surface area contributed by atoms with Gasteiger partial charge >= 0.3 is 7.12 Å². The molecule has 2 N–H and O–H groups in total. The van der Waals surface area contributed by atoms with Crippen molar-refractivity contribution in [3.8, 4) is 17.1 Å². The second kappa shape index (κ2) is 6.91. The first-order chi connectivity index (χ1) is 12.2. The van der Waals surface area contributed by atoms with Crippen LogP contribution >= 0.6 is 0 Å². The number of hydrogen-bond acceptors (Lipinski definition) is 6. The van der Waals surface area contributed by atoms with Crippen molar-refractivity contribution in [2.24, 2.45) is 0 Å². The summed E-state index contributed by atoms with van der Waals surface area (Å²) in [6.07, 6.45) is 3.56. The van der Waals surface area contributed by atoms with Gasteiger partial charge in [0.2, 0.25) is 0 Å². The molecule has 0 spiro atoms. The van der Waals surface area contributed by atoms with Crippen LogP contribution in [0.3, 0.4) is 0 Å². The summed E-state index contributed by atoms with van der Waals surface area (Å²) in [5.41, 5.74) is 1.68. The number of likely N-dealkylation sites (N-methyl/N-ethyl adjacent to an activating group) is 1. The smallest absolute Gasteiger partial charge is 0.491 e. The largest absolute Gasteiger partial charge is 0.507 e. The fraction of sp³-hybridized carbons (Fsp3) is 0.421. The van der Waals surface area contributed by atoms with Crippen LogP contribution in [0.1, 0.15) is 33.3 Å². The molecular weight excluding hydrogens is 331 g/mol. The second-order valence-electron chi connectivity index (χ2n) is 7.49. The highest BCUT2D eigenvalue weighted by atomic mass is 16.7. The summed E-state index contributed by atoms with van der Waals surface area (Å²) in [6.45, 7) is 8.76. The van der Waals surface area contributed by atoms with E-state index in [0.29, 0.717) is 17.9 Å². The number of aromatic nitrogens is 1. The molecule has 1 aromatic carbocycles. The minimum Gasteiger partial charge on any atom is -0.507 e. The van der Waals surface area contributed by atoms with E-state index in [2.05, 4.69) is 10.5 Å². The van der Waals surface area contributed by atoms with E-state index in [1.54, 1.807) is 18.3 Å². The number of hydrogen-bond donors (Lipinski definition) is 2. The van der Waals surface area contributed by atoms with Gasteiger partial charge in [-0.2, -0.15) is 0 Å². The highest BCUT2D eigenvalue weighted by Crippen LogP contribution is 2.39. The third kappa shape index (κ3) is 3.56. The number of phenols is 1. The molecule has 26 heavy (non-hydrogen) atoms. The van der Waals surface area contributed by atoms with Crippen molar-refractivity contribution < 1.29 is 18.9 Å². The zero-order chi connectivity index (χ0) is 18.9. The Morgan fingerprint density at radius 2 is 1.88 bits per heavy atom. The van der Waals surface area contributed by atoms with Gasteiger partial charge in [0.1, 0.15) is 5.75 Å². The quantitative estimate of drug-likeness (QED) is 0.801. The van der Waals surface area contributed by atoms with Crippen LogP contribution in [0.25, 0.3) is 17.4 Å². The fourth-order valence-corrected chi connectivity index (χ4v) is 2.81. The molecule has 138 valence electrons. The van der Waals surface area contributed by atoms with Crippen LogP contribution in [0.4, 0.5) is 0 Å². The first kappa shape index (κ1) is 18.7. The van der Waals surface area contributed by atoms with E-state index in [1.807, 2.05) is 53.0 Å². The summed E-state index contributed by atoms with van der Waals surface area (Å²) in [4.78, 5) is 0. The molecule has 6 nitrogen and oxygen atoms in total. The van der Waals surface area contributed by atoms with Crippen molar-refractivity contribution >= 4 is 13.2 Å². The Morgan fingerprint density at radius 3 is 2.46 bits per heavy atom. The van der Waals surface area contributed by atoms with Crippen molar-refractivity contribution in [1.29, 1.82) is 0 Å². The molecule has 1 aromatic heterocycles. The van der Waals surface area contributed by atoms with E-state index in [9.17, 15) is 5.11 Å². The zero-order valence-electron chi connectivity index (χ0n) is 15.9. The first-order valence-corrected chi connectivity index (χ1v) is 8.68. The Morgan fingerprint density at radius 1 is 1.19 bits per heavy atom. The molecule has 1 saturated heterocycles. The average molecular weight is 356 g/mol. The van der Waals surface area contributed by atoms with Crippen LogP contribution in [0.5, 0.6) is 5.75 Å². The Balaban J connectivity index is 1.94. The highest BCUT2D eigenvalue weighted by molar-refractivity contribution is 6.55. The van der Waals surface area contributed by atoms with E-state index in [1.165, 1.54) is 0 Å². The van der Waals surface area contributed by atoms with Gasteiger partial charge in [0.25, 0.3) is 0 Å². The molecule has 0 aliphatic carbocycles. The minimum atomic E-state index is -0.435. The molecule has 0 radical (unpaired) electrons. The SMILES string of the molecule is CNCC(=Cc1ccc(O)c(-c2ccno2)c1)B1OC(C)(C)C(C)(C)O1. The van der Waals surface area contributed by atoms with E-state index in [0.717, 1.165) is 11.0 Å². The fourth-order valence-electron chi connectivity index (χ4n) is 2.81. The molecule has 0 atom stereocenters. The number of rotatable bonds is 5. The molecule has 0 saturated carbocycles. The summed E-state index contributed by atoms with van der Waals surface area (Å²) in [6, 6.07) is 7.06. The summed E-state index contributed by atoms with van der Waals surface area (Å²) >= 11 is 0. The Hall–Kier alpha value is -2.09. The van der Waals surface area contributed by atoms with Crippen molar-refractivity contribution in [1.82, 2.24) is 10.5 Å². The van der Waals surface area contributed by atoms with Crippen molar-refractivity contribution in [3.05, 3.63) is 41.5 Å². The van der Waals surface area contributed by atoms with E-state index in [-0.39, 0.29) is 5.75 Å². The summed E-state index contributed by atoms with van der Waals surface area (Å²) in [7, 11) is 1.45. The van der Waals surface area contributed by atoms with Gasteiger partial charge in [0, 0.05) is 12.6 Å². The van der Waals surface area contributed by atoms with Crippen molar-refractivity contribution in [2.75, 3.05) is 13.6 Å². The lowest BCUT2D eigenvalue weighted by molar-refractivity contribution is 0.00578. The van der Waals surface area contributed by atoms with Gasteiger partial charge in [0.05, 0.1) is 23.0 Å². The van der Waals surface area contributed by atoms with Gasteiger partial charge in [-0.1, -0.05) is 17.3 Å². The average Bonchev–Trinajstić information content (AvgIpc) is 3.15. The molecule has 7 heteroatoms. The minimum absolute atomic E-state index is 0.143. The molecule has 0 amide bonds. The van der Waals surface area contributed by atoms with E-state index < -0.39 is 18.3 Å². The van der Waals surface area contributed by atoms with Gasteiger partial charge in [-0.15, -0.1) is 0 Å². The predicted octanol–water partition coefficient (Wildman–Crippen LogP) is 3.28. The van der Waals surface area contributed by atoms with Crippen LogP contribution < -0.4 is 5.32 Å². The lowest BCUT2D eigenvalue weighted by Gasteiger charge is -2.32. The summed E-state index contributed by atoms with van der Waals surface area (Å²) in [5.74, 6) is 0.660. The van der Waals surface area contributed by atoms with Crippen LogP contribution in [0.2, 0.25) is 0 Å². The summed E-state index contributed by atoms with van der Waals surface area (Å²) < 4.78 is 17.5. The summed E-state index contributed by atoms with van der Waals surface area (Å²) in [5, 5.41) is 17.0. The predicted molar refractivity (Wildman–Crippen MR) is 102 cm³/mol. The maximum atomic E-state index is 10.1. The standard InChI is InChI=1S/C19H25BN2O4/c1-18(2)19(3,4)26-20(25-18)14(12-21-5)10-13-6-7-16(23)15(11-13)17-8-9-22-24-17/h6-11,21,23H,12H2,1-5H3. The van der Waals surface area contributed by atoms with Gasteiger partial charge in [-0.05, 0) is 57.9 Å². The zero-order valence-corrected chi connectivity index (χ0v) is 15.9. The molecule has 1 fully saturated rings. The topological polar surface area (TPSA) is 76.8 Å². The first-order valence-electron chi connectivity index (χ1n) is 8.68. The molecular formula is C19H25BN2O4. The molecule has 1 aliphatic heterocycles. The van der Waals surface area contributed by atoms with Crippen LogP contribution in [-0.2, 0) is 9.31 Å². The maximum Gasteiger partial charge on any atom is 0.491 e. The number of nitrogens with one attached hydrogen (secondary N) is 1. The van der Waals surface area contributed by atoms with Gasteiger partial charge in [-0.3, -0.25) is 0 Å². The third-order valence-electron chi connectivity index (χ3n) is 5.01. The van der Waals surface area contributed by atoms with Crippen molar-refractivity contribution in [2.45, 2.75) is 38.9 Å². The molecule has 2 heterocycles. The van der Waals surface area contributed by atoms with Crippen LogP contribution in [-0.4, -0.2) is 42.2 Å². The number of benzene rings is 1. The highest BCUT2D eigenvalue weighted by Gasteiger charge is 2.52. The molecule has 0 bridgehead atoms. The molecule has 0 unspecified atom stereocenters. The van der Waals surface area contributed by atoms with Gasteiger partial charge in [-0.25, -0.2) is 0 Å². The normalized spacial score (nSPS) is 19.1. The molecule has 1 aliphatic rings. The molecule has 2 aromatic rings. The lowest BCUT2D eigenvalue weighted by atomic mass is 9.77. The van der Waals surface area contributed by atoms with Gasteiger partial charge in [0.15, 0.2) is 5.76 Å². The van der Waals surface area contributed by atoms with E-state index >= 15 is 0 Å². The Bertz CT molecular complexity index is 784. The van der Waals surface area contributed by atoms with Crippen LogP contribution in [0, 0.1) is 0 Å². The van der Waals surface area contributed by atoms with E-state index in [4.69, 9.17) is 13.8 Å². The molecule has 3 rings (SSSR count). The third-order valence-corrected chi connectivity index (χ3v) is 5.01. The Labute approximate surface area is 154 Å². The second-order valence-corrected chi connectivity index (χ2v) is 7.49.